The van der Waals surface area contributed by atoms with Crippen molar-refractivity contribution >= 4 is 29.6 Å². The number of carbonyl (C=O) groups excluding carboxylic acids is 1. The minimum absolute atomic E-state index is 0.145. The molecule has 0 bridgehead atoms. The van der Waals surface area contributed by atoms with Crippen molar-refractivity contribution in [1.29, 1.82) is 0 Å². The molecule has 0 heterocycles. The lowest BCUT2D eigenvalue weighted by atomic mass is 9.83. The predicted octanol–water partition coefficient (Wildman–Crippen LogP) is 3.33. The number of hydrogen-bond donors (Lipinski definition) is 4. The number of hydroxylamine groups is 1. The Balaban J connectivity index is 2.94. The third-order valence-corrected chi connectivity index (χ3v) is 5.92. The predicted molar refractivity (Wildman–Crippen MR) is 108 cm³/mol. The summed E-state index contributed by atoms with van der Waals surface area (Å²) in [6.07, 6.45) is 1.06. The molecule has 0 fully saturated rings. The molecule has 4 N–H and O–H groups in total. The number of carboxylic acids is 2. The maximum absolute atomic E-state index is 11.7. The van der Waals surface area contributed by atoms with Gasteiger partial charge in [0.1, 0.15) is 0 Å². The van der Waals surface area contributed by atoms with Gasteiger partial charge < -0.3 is 10.2 Å². The topological polar surface area (TPSA) is 124 Å². The molecule has 0 saturated heterocycles. The molecule has 156 valence electrons. The smallest absolute Gasteiger partial charge is 0.335 e. The Bertz CT molecular complexity index is 713. The maximum atomic E-state index is 11.7. The van der Waals surface area contributed by atoms with Crippen LogP contribution >= 0.6 is 11.8 Å². The quantitative estimate of drug-likeness (QED) is 0.344. The molecule has 0 aliphatic carbocycles. The van der Waals surface area contributed by atoms with Crippen LogP contribution in [0.4, 0.5) is 0 Å². The SMILES string of the molecule is CCC(SCCC(Cc1cc(C(=O)O)cc(C(C)(C)C)c1)C(=O)O)C(=O)NO. The van der Waals surface area contributed by atoms with E-state index < -0.39 is 29.0 Å². The third-order valence-electron chi connectivity index (χ3n) is 4.50. The highest BCUT2D eigenvalue weighted by molar-refractivity contribution is 8.00. The molecule has 1 aromatic carbocycles. The van der Waals surface area contributed by atoms with Gasteiger partial charge in [0.2, 0.25) is 0 Å². The standard InChI is InChI=1S/C20H29NO6S/c1-5-16(17(22)21-27)28-7-6-13(18(23)24)8-12-9-14(19(25)26)11-15(10-12)20(2,3)4/h9-11,13,16,27H,5-8H2,1-4H3,(H,21,22)(H,23,24)(H,25,26). The monoisotopic (exact) mass is 411 g/mol. The van der Waals surface area contributed by atoms with Crippen LogP contribution in [0, 0.1) is 5.92 Å². The molecule has 7 nitrogen and oxygen atoms in total. The summed E-state index contributed by atoms with van der Waals surface area (Å²) >= 11 is 1.30. The van der Waals surface area contributed by atoms with Crippen molar-refractivity contribution in [3.8, 4) is 0 Å². The van der Waals surface area contributed by atoms with E-state index in [0.29, 0.717) is 24.2 Å². The number of amides is 1. The van der Waals surface area contributed by atoms with E-state index in [4.69, 9.17) is 5.21 Å². The fraction of sp³-hybridized carbons (Fsp3) is 0.550. The first-order valence-corrected chi connectivity index (χ1v) is 10.2. The summed E-state index contributed by atoms with van der Waals surface area (Å²) in [7, 11) is 0. The number of nitrogens with one attached hydrogen (secondary N) is 1. The van der Waals surface area contributed by atoms with Crippen LogP contribution < -0.4 is 5.48 Å². The first-order chi connectivity index (χ1) is 13.0. The summed E-state index contributed by atoms with van der Waals surface area (Å²) in [6, 6.07) is 5.01. The van der Waals surface area contributed by atoms with E-state index in [2.05, 4.69) is 0 Å². The lowest BCUT2D eigenvalue weighted by Crippen LogP contribution is -2.30. The Morgan fingerprint density at radius 3 is 2.25 bits per heavy atom. The van der Waals surface area contributed by atoms with Crippen molar-refractivity contribution in [2.75, 3.05) is 5.75 Å². The molecule has 1 rings (SSSR count). The van der Waals surface area contributed by atoms with Gasteiger partial charge in [-0.25, -0.2) is 10.3 Å². The van der Waals surface area contributed by atoms with Gasteiger partial charge >= 0.3 is 11.9 Å². The molecular weight excluding hydrogens is 382 g/mol. The van der Waals surface area contributed by atoms with Gasteiger partial charge in [-0.1, -0.05) is 33.8 Å². The maximum Gasteiger partial charge on any atom is 0.335 e. The van der Waals surface area contributed by atoms with Crippen molar-refractivity contribution in [2.45, 2.75) is 57.6 Å². The van der Waals surface area contributed by atoms with Crippen LogP contribution in [0.5, 0.6) is 0 Å². The van der Waals surface area contributed by atoms with Gasteiger partial charge in [-0.05, 0) is 53.7 Å². The zero-order valence-corrected chi connectivity index (χ0v) is 17.5. The number of aromatic carboxylic acids is 1. The average Bonchev–Trinajstić information content (AvgIpc) is 2.62. The highest BCUT2D eigenvalue weighted by atomic mass is 32.2. The molecule has 0 aliphatic heterocycles. The molecule has 2 unspecified atom stereocenters. The average molecular weight is 412 g/mol. The molecule has 0 spiro atoms. The zero-order valence-electron chi connectivity index (χ0n) is 16.7. The third kappa shape index (κ3) is 7.16. The molecule has 0 radical (unpaired) electrons. The van der Waals surface area contributed by atoms with E-state index in [0.717, 1.165) is 5.56 Å². The van der Waals surface area contributed by atoms with Crippen LogP contribution in [-0.2, 0) is 21.4 Å². The van der Waals surface area contributed by atoms with Crippen molar-refractivity contribution in [2.24, 2.45) is 5.92 Å². The summed E-state index contributed by atoms with van der Waals surface area (Å²) in [5.74, 6) is -2.76. The number of rotatable bonds is 10. The van der Waals surface area contributed by atoms with Gasteiger partial charge in [0.25, 0.3) is 5.91 Å². The van der Waals surface area contributed by atoms with E-state index in [9.17, 15) is 24.6 Å². The largest absolute Gasteiger partial charge is 0.481 e. The van der Waals surface area contributed by atoms with Crippen LogP contribution in [0.2, 0.25) is 0 Å². The lowest BCUT2D eigenvalue weighted by molar-refractivity contribution is -0.141. The highest BCUT2D eigenvalue weighted by Gasteiger charge is 2.23. The Morgan fingerprint density at radius 2 is 1.79 bits per heavy atom. The van der Waals surface area contributed by atoms with Gasteiger partial charge in [-0.3, -0.25) is 14.8 Å². The number of aliphatic carboxylic acids is 1. The number of hydrogen-bond acceptors (Lipinski definition) is 5. The van der Waals surface area contributed by atoms with Gasteiger partial charge in [-0.2, -0.15) is 0 Å². The Kier molecular flexibility index (Phi) is 8.97. The van der Waals surface area contributed by atoms with E-state index in [1.165, 1.54) is 17.8 Å². The number of carboxylic acid groups (broad SMARTS) is 2. The van der Waals surface area contributed by atoms with Crippen molar-refractivity contribution in [3.63, 3.8) is 0 Å². The first-order valence-electron chi connectivity index (χ1n) is 9.15. The number of carbonyl (C=O) groups is 3. The van der Waals surface area contributed by atoms with Gasteiger partial charge in [0.15, 0.2) is 0 Å². The summed E-state index contributed by atoms with van der Waals surface area (Å²) in [5, 5.41) is 27.2. The van der Waals surface area contributed by atoms with E-state index in [-0.39, 0.29) is 17.4 Å². The molecule has 8 heteroatoms. The second kappa shape index (κ2) is 10.5. The minimum atomic E-state index is -1.05. The normalized spacial score (nSPS) is 13.6. The first kappa shape index (κ1) is 24.0. The Hall–Kier alpha value is -2.06. The summed E-state index contributed by atoms with van der Waals surface area (Å²) in [6.45, 7) is 7.73. The van der Waals surface area contributed by atoms with Crippen LogP contribution in [0.25, 0.3) is 0 Å². The van der Waals surface area contributed by atoms with E-state index in [1.807, 2.05) is 33.8 Å². The summed E-state index contributed by atoms with van der Waals surface area (Å²) < 4.78 is 0. The second-order valence-corrected chi connectivity index (χ2v) is 9.06. The van der Waals surface area contributed by atoms with Gasteiger partial charge in [0.05, 0.1) is 16.7 Å². The molecule has 0 aromatic heterocycles. The molecule has 2 atom stereocenters. The van der Waals surface area contributed by atoms with Gasteiger partial charge in [-0.15, -0.1) is 11.8 Å². The minimum Gasteiger partial charge on any atom is -0.481 e. The van der Waals surface area contributed by atoms with E-state index in [1.54, 1.807) is 11.5 Å². The highest BCUT2D eigenvalue weighted by Crippen LogP contribution is 2.27. The van der Waals surface area contributed by atoms with Crippen LogP contribution in [0.3, 0.4) is 0 Å². The zero-order chi connectivity index (χ0) is 21.5. The molecule has 28 heavy (non-hydrogen) atoms. The summed E-state index contributed by atoms with van der Waals surface area (Å²) in [5.41, 5.74) is 3.01. The Morgan fingerprint density at radius 1 is 1.14 bits per heavy atom. The number of benzene rings is 1. The molecular formula is C20H29NO6S. The Labute approximate surface area is 169 Å². The van der Waals surface area contributed by atoms with Crippen molar-refractivity contribution in [1.82, 2.24) is 5.48 Å². The van der Waals surface area contributed by atoms with Crippen LogP contribution in [0.1, 0.15) is 62.0 Å². The van der Waals surface area contributed by atoms with Gasteiger partial charge in [0, 0.05) is 0 Å². The molecule has 1 amide bonds. The summed E-state index contributed by atoms with van der Waals surface area (Å²) in [4.78, 5) is 34.7. The van der Waals surface area contributed by atoms with Crippen molar-refractivity contribution in [3.05, 3.63) is 34.9 Å². The lowest BCUT2D eigenvalue weighted by Gasteiger charge is -2.22. The second-order valence-electron chi connectivity index (χ2n) is 7.75. The van der Waals surface area contributed by atoms with Crippen molar-refractivity contribution < 1.29 is 29.8 Å². The van der Waals surface area contributed by atoms with E-state index >= 15 is 0 Å². The molecule has 1 aromatic rings. The van der Waals surface area contributed by atoms with Crippen LogP contribution in [0.15, 0.2) is 18.2 Å². The fourth-order valence-electron chi connectivity index (χ4n) is 2.77. The number of thioether (sulfide) groups is 1. The molecule has 0 saturated carbocycles. The van der Waals surface area contributed by atoms with Crippen LogP contribution in [-0.4, -0.2) is 44.3 Å². The fourth-order valence-corrected chi connectivity index (χ4v) is 3.91. The molecule has 0 aliphatic rings.